The first-order chi connectivity index (χ1) is 14.1. The molecule has 0 unspecified atom stereocenters. The second-order valence-corrected chi connectivity index (χ2v) is 8.96. The number of carbonyl (C=O) groups is 1. The van der Waals surface area contributed by atoms with E-state index >= 15 is 0 Å². The molecule has 3 aromatic rings. The van der Waals surface area contributed by atoms with Gasteiger partial charge < -0.3 is 15.0 Å². The van der Waals surface area contributed by atoms with Crippen LogP contribution >= 0.6 is 0 Å². The monoisotopic (exact) mass is 402 g/mol. The predicted octanol–water partition coefficient (Wildman–Crippen LogP) is 4.91. The van der Waals surface area contributed by atoms with Crippen LogP contribution in [0.4, 0.5) is 0 Å². The van der Waals surface area contributed by atoms with Crippen molar-refractivity contribution in [2.75, 3.05) is 0 Å². The molecule has 0 saturated heterocycles. The number of carbonyl (C=O) groups excluding carboxylic acids is 1. The van der Waals surface area contributed by atoms with Gasteiger partial charge in [-0.15, -0.1) is 0 Å². The minimum Gasteiger partial charge on any atom is -0.457 e. The predicted molar refractivity (Wildman–Crippen MR) is 118 cm³/mol. The van der Waals surface area contributed by atoms with Crippen LogP contribution in [0.1, 0.15) is 65.1 Å². The van der Waals surface area contributed by atoms with Crippen molar-refractivity contribution >= 4 is 5.91 Å². The van der Waals surface area contributed by atoms with Gasteiger partial charge in [0.15, 0.2) is 0 Å². The number of hydrogen-bond donors (Lipinski definition) is 2. The van der Waals surface area contributed by atoms with E-state index in [0.717, 1.165) is 39.4 Å². The van der Waals surface area contributed by atoms with E-state index in [0.29, 0.717) is 0 Å². The van der Waals surface area contributed by atoms with E-state index in [9.17, 15) is 9.59 Å². The van der Waals surface area contributed by atoms with Gasteiger partial charge in [-0.1, -0.05) is 45.0 Å². The highest BCUT2D eigenvalue weighted by Gasteiger charge is 2.30. The Labute approximate surface area is 176 Å². The van der Waals surface area contributed by atoms with E-state index < -0.39 is 11.9 Å². The number of aromatic amines is 1. The standard InChI is InChI=1S/C25H26N2O3/c1-14-6-8-16-19(12-14)30-20-13-15(2)7-9-17(20)22(16)27-24(29)18-10-11-21(25(3,4)5)26-23(18)28/h6-13,22H,1-5H3,(H,26,28)(H,27,29). The molecule has 2 N–H and O–H groups in total. The Kier molecular flexibility index (Phi) is 4.77. The van der Waals surface area contributed by atoms with E-state index in [-0.39, 0.29) is 16.5 Å². The molecule has 0 atom stereocenters. The summed E-state index contributed by atoms with van der Waals surface area (Å²) in [6.45, 7) is 10.0. The van der Waals surface area contributed by atoms with Crippen molar-refractivity contribution in [1.82, 2.24) is 10.3 Å². The highest BCUT2D eigenvalue weighted by molar-refractivity contribution is 5.94. The molecule has 1 aliphatic heterocycles. The third kappa shape index (κ3) is 3.63. The molecular formula is C25H26N2O3. The second-order valence-electron chi connectivity index (χ2n) is 8.96. The third-order valence-electron chi connectivity index (χ3n) is 5.42. The maximum absolute atomic E-state index is 13.1. The first kappa shape index (κ1) is 20.0. The topological polar surface area (TPSA) is 71.2 Å². The zero-order valence-electron chi connectivity index (χ0n) is 17.9. The summed E-state index contributed by atoms with van der Waals surface area (Å²) in [5.74, 6) is 1.02. The number of fused-ring (bicyclic) bond motifs is 2. The van der Waals surface area contributed by atoms with Crippen LogP contribution in [0.25, 0.3) is 0 Å². The number of aromatic nitrogens is 1. The fourth-order valence-electron chi connectivity index (χ4n) is 3.68. The number of rotatable bonds is 2. The lowest BCUT2D eigenvalue weighted by Gasteiger charge is -2.29. The minimum absolute atomic E-state index is 0.0943. The summed E-state index contributed by atoms with van der Waals surface area (Å²) in [7, 11) is 0. The van der Waals surface area contributed by atoms with Crippen LogP contribution in [0.2, 0.25) is 0 Å². The Morgan fingerprint density at radius 3 is 2.00 bits per heavy atom. The number of amides is 1. The van der Waals surface area contributed by atoms with Gasteiger partial charge in [-0.3, -0.25) is 9.59 Å². The largest absolute Gasteiger partial charge is 0.457 e. The van der Waals surface area contributed by atoms with Crippen molar-refractivity contribution in [3.8, 4) is 11.5 Å². The van der Waals surface area contributed by atoms with Crippen molar-refractivity contribution in [3.05, 3.63) is 92.4 Å². The van der Waals surface area contributed by atoms with Gasteiger partial charge in [0, 0.05) is 22.2 Å². The lowest BCUT2D eigenvalue weighted by molar-refractivity contribution is 0.0940. The molecule has 1 aliphatic rings. The lowest BCUT2D eigenvalue weighted by atomic mass is 9.91. The fourth-order valence-corrected chi connectivity index (χ4v) is 3.68. The molecule has 0 fully saturated rings. The van der Waals surface area contributed by atoms with Crippen LogP contribution in [0, 0.1) is 13.8 Å². The fraction of sp³-hybridized carbons (Fsp3) is 0.280. The third-order valence-corrected chi connectivity index (χ3v) is 5.42. The smallest absolute Gasteiger partial charge is 0.261 e. The average molecular weight is 402 g/mol. The van der Waals surface area contributed by atoms with Gasteiger partial charge in [-0.25, -0.2) is 0 Å². The van der Waals surface area contributed by atoms with Crippen molar-refractivity contribution in [2.24, 2.45) is 0 Å². The van der Waals surface area contributed by atoms with Crippen LogP contribution in [-0.4, -0.2) is 10.9 Å². The van der Waals surface area contributed by atoms with Gasteiger partial charge in [0.05, 0.1) is 6.04 Å². The Hall–Kier alpha value is -3.34. The molecule has 154 valence electrons. The Morgan fingerprint density at radius 1 is 0.933 bits per heavy atom. The summed E-state index contributed by atoms with van der Waals surface area (Å²) < 4.78 is 6.11. The molecule has 2 aromatic carbocycles. The maximum atomic E-state index is 13.1. The van der Waals surface area contributed by atoms with Crippen LogP contribution in [0.15, 0.2) is 53.3 Å². The van der Waals surface area contributed by atoms with Crippen LogP contribution in [0.3, 0.4) is 0 Å². The van der Waals surface area contributed by atoms with Crippen LogP contribution in [-0.2, 0) is 5.41 Å². The number of aryl methyl sites for hydroxylation is 2. The van der Waals surface area contributed by atoms with E-state index in [1.54, 1.807) is 12.1 Å². The molecule has 0 radical (unpaired) electrons. The van der Waals surface area contributed by atoms with E-state index in [2.05, 4.69) is 10.3 Å². The van der Waals surface area contributed by atoms with Crippen molar-refractivity contribution in [1.29, 1.82) is 0 Å². The summed E-state index contributed by atoms with van der Waals surface area (Å²) >= 11 is 0. The molecule has 1 aromatic heterocycles. The van der Waals surface area contributed by atoms with Crippen molar-refractivity contribution in [3.63, 3.8) is 0 Å². The Morgan fingerprint density at radius 2 is 1.50 bits per heavy atom. The summed E-state index contributed by atoms with van der Waals surface area (Å²) in [4.78, 5) is 28.5. The minimum atomic E-state index is -0.415. The number of benzene rings is 2. The quantitative estimate of drug-likeness (QED) is 0.639. The second kappa shape index (κ2) is 7.17. The highest BCUT2D eigenvalue weighted by atomic mass is 16.5. The number of hydrogen-bond acceptors (Lipinski definition) is 3. The summed E-state index contributed by atoms with van der Waals surface area (Å²) in [5.41, 5.74) is 4.17. The summed E-state index contributed by atoms with van der Waals surface area (Å²) in [6, 6.07) is 14.8. The lowest BCUT2D eigenvalue weighted by Crippen LogP contribution is -2.35. The van der Waals surface area contributed by atoms with E-state index in [4.69, 9.17) is 4.74 Å². The zero-order chi connectivity index (χ0) is 21.6. The van der Waals surface area contributed by atoms with Gasteiger partial charge in [0.1, 0.15) is 17.1 Å². The van der Waals surface area contributed by atoms with Gasteiger partial charge >= 0.3 is 0 Å². The first-order valence-electron chi connectivity index (χ1n) is 10.1. The van der Waals surface area contributed by atoms with Crippen LogP contribution in [0.5, 0.6) is 11.5 Å². The number of H-pyrrole nitrogens is 1. The normalized spacial score (nSPS) is 13.2. The molecule has 1 amide bonds. The number of nitrogens with one attached hydrogen (secondary N) is 2. The van der Waals surface area contributed by atoms with Gasteiger partial charge in [-0.2, -0.15) is 0 Å². The molecule has 0 aliphatic carbocycles. The molecule has 5 nitrogen and oxygen atoms in total. The molecule has 2 heterocycles. The number of pyridine rings is 1. The molecule has 5 heteroatoms. The van der Waals surface area contributed by atoms with Crippen molar-refractivity contribution < 1.29 is 9.53 Å². The summed E-state index contributed by atoms with van der Waals surface area (Å²) in [6.07, 6.45) is 0. The molecule has 4 rings (SSSR count). The van der Waals surface area contributed by atoms with Gasteiger partial charge in [0.25, 0.3) is 11.5 Å². The first-order valence-corrected chi connectivity index (χ1v) is 10.1. The average Bonchev–Trinajstić information content (AvgIpc) is 2.66. The van der Waals surface area contributed by atoms with Gasteiger partial charge in [0.2, 0.25) is 0 Å². The maximum Gasteiger partial charge on any atom is 0.261 e. The Bertz CT molecular complexity index is 1150. The summed E-state index contributed by atoms with van der Waals surface area (Å²) in [5, 5.41) is 3.05. The molecule has 30 heavy (non-hydrogen) atoms. The molecule has 0 spiro atoms. The molecule has 0 bridgehead atoms. The molecule has 0 saturated carbocycles. The number of ether oxygens (including phenoxy) is 1. The molecular weight excluding hydrogens is 376 g/mol. The SMILES string of the molecule is Cc1ccc2c(c1)Oc1cc(C)ccc1C2NC(=O)c1ccc(C(C)(C)C)[nH]c1=O. The zero-order valence-corrected chi connectivity index (χ0v) is 17.9. The van der Waals surface area contributed by atoms with Crippen molar-refractivity contribution in [2.45, 2.75) is 46.1 Å². The van der Waals surface area contributed by atoms with E-state index in [1.807, 2.05) is 71.0 Å². The Balaban J connectivity index is 1.73. The highest BCUT2D eigenvalue weighted by Crippen LogP contribution is 2.43. The van der Waals surface area contributed by atoms with Gasteiger partial charge in [-0.05, 0) is 49.2 Å². The van der Waals surface area contributed by atoms with Crippen LogP contribution < -0.4 is 15.6 Å². The van der Waals surface area contributed by atoms with E-state index in [1.165, 1.54) is 0 Å².